The average Bonchev–Trinajstić information content (AvgIpc) is 2.66. The maximum atomic E-state index is 11.4. The quantitative estimate of drug-likeness (QED) is 0.763. The van der Waals surface area contributed by atoms with Gasteiger partial charge in [0.25, 0.3) is 0 Å². The molecule has 2 aromatic rings. The highest BCUT2D eigenvalue weighted by Gasteiger charge is 2.15. The summed E-state index contributed by atoms with van der Waals surface area (Å²) in [5, 5.41) is 4.37. The van der Waals surface area contributed by atoms with Gasteiger partial charge in [-0.25, -0.2) is 14.3 Å². The van der Waals surface area contributed by atoms with Crippen LogP contribution in [0.15, 0.2) is 18.3 Å². The third-order valence-corrected chi connectivity index (χ3v) is 2.48. The van der Waals surface area contributed by atoms with E-state index in [1.54, 1.807) is 22.8 Å². The Kier molecular flexibility index (Phi) is 3.07. The molecule has 0 saturated carbocycles. The lowest BCUT2D eigenvalue weighted by Gasteiger charge is -2.14. The standard InChI is InChI=1S/C13H17N3O2/c1-13(2,3)7-10-14-11-6-5-9(12(17)18-4)8-16(11)15-10/h5-6,8H,7H2,1-4H3. The Morgan fingerprint density at radius 1 is 1.39 bits per heavy atom. The maximum Gasteiger partial charge on any atom is 0.339 e. The summed E-state index contributed by atoms with van der Waals surface area (Å²) in [4.78, 5) is 15.8. The molecule has 0 unspecified atom stereocenters. The smallest absolute Gasteiger partial charge is 0.339 e. The molecule has 0 spiro atoms. The zero-order valence-corrected chi connectivity index (χ0v) is 11.1. The third kappa shape index (κ3) is 2.67. The first kappa shape index (κ1) is 12.5. The first-order chi connectivity index (χ1) is 8.39. The van der Waals surface area contributed by atoms with E-state index >= 15 is 0 Å². The van der Waals surface area contributed by atoms with Crippen LogP contribution in [0.2, 0.25) is 0 Å². The molecule has 5 heteroatoms. The summed E-state index contributed by atoms with van der Waals surface area (Å²) in [5.41, 5.74) is 1.34. The van der Waals surface area contributed by atoms with E-state index in [0.29, 0.717) is 5.56 Å². The molecule has 0 radical (unpaired) electrons. The van der Waals surface area contributed by atoms with Crippen molar-refractivity contribution in [2.24, 2.45) is 5.41 Å². The van der Waals surface area contributed by atoms with E-state index in [1.165, 1.54) is 7.11 Å². The molecule has 0 amide bonds. The molecule has 0 N–H and O–H groups in total. The minimum Gasteiger partial charge on any atom is -0.465 e. The number of rotatable bonds is 2. The van der Waals surface area contributed by atoms with Gasteiger partial charge in [0.1, 0.15) is 0 Å². The predicted octanol–water partition coefficient (Wildman–Crippen LogP) is 2.10. The molecule has 2 aromatic heterocycles. The zero-order chi connectivity index (χ0) is 13.3. The highest BCUT2D eigenvalue weighted by atomic mass is 16.5. The van der Waals surface area contributed by atoms with E-state index in [9.17, 15) is 4.79 Å². The summed E-state index contributed by atoms with van der Waals surface area (Å²) >= 11 is 0. The molecule has 2 rings (SSSR count). The number of methoxy groups -OCH3 is 1. The van der Waals surface area contributed by atoms with E-state index in [2.05, 4.69) is 35.6 Å². The molecular formula is C13H17N3O2. The second-order valence-electron chi connectivity index (χ2n) is 5.48. The van der Waals surface area contributed by atoms with Crippen molar-refractivity contribution in [3.8, 4) is 0 Å². The van der Waals surface area contributed by atoms with Crippen LogP contribution in [0, 0.1) is 5.41 Å². The predicted molar refractivity (Wildman–Crippen MR) is 67.5 cm³/mol. The van der Waals surface area contributed by atoms with E-state index < -0.39 is 0 Å². The number of nitrogens with zero attached hydrogens (tertiary/aromatic N) is 3. The van der Waals surface area contributed by atoms with Crippen molar-refractivity contribution < 1.29 is 9.53 Å². The number of ether oxygens (including phenoxy) is 1. The van der Waals surface area contributed by atoms with Crippen molar-refractivity contribution in [3.63, 3.8) is 0 Å². The van der Waals surface area contributed by atoms with Crippen molar-refractivity contribution in [2.45, 2.75) is 27.2 Å². The van der Waals surface area contributed by atoms with Crippen LogP contribution >= 0.6 is 0 Å². The van der Waals surface area contributed by atoms with Crippen molar-refractivity contribution in [3.05, 3.63) is 29.7 Å². The van der Waals surface area contributed by atoms with E-state index in [4.69, 9.17) is 0 Å². The van der Waals surface area contributed by atoms with Crippen LogP contribution in [0.3, 0.4) is 0 Å². The van der Waals surface area contributed by atoms with Crippen LogP contribution < -0.4 is 0 Å². The first-order valence-corrected chi connectivity index (χ1v) is 5.83. The number of hydrogen-bond donors (Lipinski definition) is 0. The van der Waals surface area contributed by atoms with Gasteiger partial charge in [-0.15, -0.1) is 0 Å². The average molecular weight is 247 g/mol. The number of hydrogen-bond acceptors (Lipinski definition) is 4. The van der Waals surface area contributed by atoms with E-state index in [-0.39, 0.29) is 11.4 Å². The van der Waals surface area contributed by atoms with Gasteiger partial charge in [-0.1, -0.05) is 20.8 Å². The molecule has 5 nitrogen and oxygen atoms in total. The molecule has 0 aliphatic rings. The van der Waals surface area contributed by atoms with Gasteiger partial charge in [0, 0.05) is 12.6 Å². The van der Waals surface area contributed by atoms with Crippen LogP contribution in [-0.4, -0.2) is 27.7 Å². The Hall–Kier alpha value is -1.91. The molecule has 18 heavy (non-hydrogen) atoms. The van der Waals surface area contributed by atoms with Gasteiger partial charge >= 0.3 is 5.97 Å². The Morgan fingerprint density at radius 3 is 2.72 bits per heavy atom. The Labute approximate surface area is 106 Å². The van der Waals surface area contributed by atoms with Crippen molar-refractivity contribution in [1.29, 1.82) is 0 Å². The van der Waals surface area contributed by atoms with Crippen LogP contribution in [0.5, 0.6) is 0 Å². The van der Waals surface area contributed by atoms with E-state index in [1.807, 2.05) is 0 Å². The number of pyridine rings is 1. The summed E-state index contributed by atoms with van der Waals surface area (Å²) in [5.74, 6) is 0.411. The molecular weight excluding hydrogens is 230 g/mol. The number of carbonyl (C=O) groups excluding carboxylic acids is 1. The summed E-state index contributed by atoms with van der Waals surface area (Å²) in [7, 11) is 1.36. The van der Waals surface area contributed by atoms with Gasteiger partial charge in [0.2, 0.25) is 0 Å². The Bertz CT molecular complexity index is 581. The summed E-state index contributed by atoms with van der Waals surface area (Å²) in [6.07, 6.45) is 2.43. The fourth-order valence-electron chi connectivity index (χ4n) is 1.72. The molecule has 0 aliphatic heterocycles. The first-order valence-electron chi connectivity index (χ1n) is 5.83. The lowest BCUT2D eigenvalue weighted by Crippen LogP contribution is -2.10. The van der Waals surface area contributed by atoms with Crippen LogP contribution in [-0.2, 0) is 11.2 Å². The molecule has 0 bridgehead atoms. The fraction of sp³-hybridized carbons (Fsp3) is 0.462. The topological polar surface area (TPSA) is 56.5 Å². The Morgan fingerprint density at radius 2 is 2.11 bits per heavy atom. The lowest BCUT2D eigenvalue weighted by molar-refractivity contribution is 0.0600. The van der Waals surface area contributed by atoms with Crippen LogP contribution in [0.25, 0.3) is 5.65 Å². The fourth-order valence-corrected chi connectivity index (χ4v) is 1.72. The van der Waals surface area contributed by atoms with Crippen molar-refractivity contribution in [1.82, 2.24) is 14.6 Å². The molecule has 0 aromatic carbocycles. The highest BCUT2D eigenvalue weighted by Crippen LogP contribution is 2.19. The maximum absolute atomic E-state index is 11.4. The van der Waals surface area contributed by atoms with Gasteiger partial charge < -0.3 is 4.74 Å². The van der Waals surface area contributed by atoms with Gasteiger partial charge in [0.15, 0.2) is 11.5 Å². The van der Waals surface area contributed by atoms with Gasteiger partial charge in [-0.3, -0.25) is 0 Å². The largest absolute Gasteiger partial charge is 0.465 e. The van der Waals surface area contributed by atoms with Gasteiger partial charge in [0.05, 0.1) is 12.7 Å². The molecule has 96 valence electrons. The lowest BCUT2D eigenvalue weighted by atomic mass is 9.92. The molecule has 0 fully saturated rings. The van der Waals surface area contributed by atoms with Crippen molar-refractivity contribution >= 4 is 11.6 Å². The zero-order valence-electron chi connectivity index (χ0n) is 11.1. The number of carbonyl (C=O) groups is 1. The van der Waals surface area contributed by atoms with Gasteiger partial charge in [-0.2, -0.15) is 5.10 Å². The van der Waals surface area contributed by atoms with Crippen LogP contribution in [0.4, 0.5) is 0 Å². The molecule has 0 saturated heterocycles. The third-order valence-electron chi connectivity index (χ3n) is 2.48. The highest BCUT2D eigenvalue weighted by molar-refractivity contribution is 5.89. The number of esters is 1. The monoisotopic (exact) mass is 247 g/mol. The summed E-state index contributed by atoms with van der Waals surface area (Å²) in [6.45, 7) is 6.41. The molecule has 0 atom stereocenters. The number of aromatic nitrogens is 3. The molecule has 2 heterocycles. The summed E-state index contributed by atoms with van der Waals surface area (Å²) in [6, 6.07) is 3.46. The van der Waals surface area contributed by atoms with Gasteiger partial charge in [-0.05, 0) is 17.5 Å². The van der Waals surface area contributed by atoms with E-state index in [0.717, 1.165) is 17.9 Å². The minimum absolute atomic E-state index is 0.135. The molecule has 0 aliphatic carbocycles. The normalized spacial score (nSPS) is 11.8. The summed E-state index contributed by atoms with van der Waals surface area (Å²) < 4.78 is 6.29. The minimum atomic E-state index is -0.371. The SMILES string of the molecule is COC(=O)c1ccc2nc(CC(C)(C)C)nn2c1. The second-order valence-corrected chi connectivity index (χ2v) is 5.48. The Balaban J connectivity index is 2.37. The number of fused-ring (bicyclic) bond motifs is 1. The van der Waals surface area contributed by atoms with Crippen molar-refractivity contribution in [2.75, 3.05) is 7.11 Å². The second kappa shape index (κ2) is 4.40. The van der Waals surface area contributed by atoms with Crippen LogP contribution in [0.1, 0.15) is 37.0 Å².